The van der Waals surface area contributed by atoms with E-state index >= 15 is 0 Å². The summed E-state index contributed by atoms with van der Waals surface area (Å²) in [6.45, 7) is 0.796. The van der Waals surface area contributed by atoms with Gasteiger partial charge in [0.25, 0.3) is 5.91 Å². The molecule has 4 nitrogen and oxygen atoms in total. The number of halogens is 1. The molecule has 1 amide bonds. The van der Waals surface area contributed by atoms with Crippen molar-refractivity contribution in [2.75, 3.05) is 6.54 Å². The van der Waals surface area contributed by atoms with Crippen molar-refractivity contribution in [3.8, 4) is 0 Å². The molecule has 1 fully saturated rings. The zero-order chi connectivity index (χ0) is 14.7. The Kier molecular flexibility index (Phi) is 4.39. The van der Waals surface area contributed by atoms with E-state index in [4.69, 9.17) is 4.42 Å². The Bertz CT molecular complexity index is 612. The van der Waals surface area contributed by atoms with Gasteiger partial charge in [-0.3, -0.25) is 4.79 Å². The molecule has 0 radical (unpaired) electrons. The van der Waals surface area contributed by atoms with Crippen LogP contribution >= 0.6 is 15.9 Å². The number of amides is 1. The number of likely N-dealkylation sites (tertiary alicyclic amines) is 1. The fraction of sp³-hybridized carbons (Fsp3) is 0.375. The van der Waals surface area contributed by atoms with Crippen LogP contribution in [0.4, 0.5) is 0 Å². The van der Waals surface area contributed by atoms with Gasteiger partial charge in [0.2, 0.25) is 0 Å². The predicted octanol–water partition coefficient (Wildman–Crippen LogP) is 3.67. The highest BCUT2D eigenvalue weighted by Gasteiger charge is 2.28. The van der Waals surface area contributed by atoms with Crippen LogP contribution in [0, 0.1) is 0 Å². The van der Waals surface area contributed by atoms with Crippen LogP contribution in [-0.4, -0.2) is 28.4 Å². The van der Waals surface area contributed by atoms with E-state index in [-0.39, 0.29) is 11.9 Å². The van der Waals surface area contributed by atoms with Crippen LogP contribution in [0.2, 0.25) is 0 Å². The number of rotatable bonds is 3. The van der Waals surface area contributed by atoms with Gasteiger partial charge < -0.3 is 9.32 Å². The number of piperidine rings is 1. The molecule has 1 aromatic carbocycles. The summed E-state index contributed by atoms with van der Waals surface area (Å²) >= 11 is 3.50. The lowest BCUT2D eigenvalue weighted by Gasteiger charge is -2.35. The van der Waals surface area contributed by atoms with Crippen molar-refractivity contribution in [1.82, 2.24) is 9.88 Å². The molecular weight excluding hydrogens is 332 g/mol. The summed E-state index contributed by atoms with van der Waals surface area (Å²) in [4.78, 5) is 18.5. The third-order valence-electron chi connectivity index (χ3n) is 3.90. The third-order valence-corrected chi connectivity index (χ3v) is 4.39. The molecule has 5 heteroatoms. The molecule has 110 valence electrons. The topological polar surface area (TPSA) is 46.3 Å². The summed E-state index contributed by atoms with van der Waals surface area (Å²) < 4.78 is 6.01. The number of aromatic nitrogens is 1. The Balaban J connectivity index is 1.77. The third kappa shape index (κ3) is 3.35. The number of carbonyl (C=O) groups excluding carboxylic acids is 1. The quantitative estimate of drug-likeness (QED) is 0.849. The summed E-state index contributed by atoms with van der Waals surface area (Å²) in [6.07, 6.45) is 6.87. The van der Waals surface area contributed by atoms with Crippen LogP contribution in [0.3, 0.4) is 0 Å². The van der Waals surface area contributed by atoms with E-state index in [1.54, 1.807) is 0 Å². The number of carbonyl (C=O) groups is 1. The van der Waals surface area contributed by atoms with Crippen LogP contribution < -0.4 is 0 Å². The summed E-state index contributed by atoms with van der Waals surface area (Å²) in [7, 11) is 0. The number of hydrogen-bond donors (Lipinski definition) is 0. The highest BCUT2D eigenvalue weighted by atomic mass is 79.9. The first-order valence-corrected chi connectivity index (χ1v) is 7.97. The molecule has 0 spiro atoms. The number of benzene rings is 1. The first-order chi connectivity index (χ1) is 10.2. The average Bonchev–Trinajstić information content (AvgIpc) is 3.01. The minimum absolute atomic E-state index is 0.0246. The van der Waals surface area contributed by atoms with Crippen LogP contribution in [0.1, 0.15) is 35.3 Å². The lowest BCUT2D eigenvalue weighted by atomic mass is 9.95. The first kappa shape index (κ1) is 14.3. The summed E-state index contributed by atoms with van der Waals surface area (Å²) in [5.74, 6) is -0.0246. The van der Waals surface area contributed by atoms with E-state index in [0.717, 1.165) is 30.3 Å². The van der Waals surface area contributed by atoms with Gasteiger partial charge in [0.15, 0.2) is 12.1 Å². The van der Waals surface area contributed by atoms with Crippen molar-refractivity contribution in [2.45, 2.75) is 31.7 Å². The van der Waals surface area contributed by atoms with Crippen molar-refractivity contribution in [3.63, 3.8) is 0 Å². The van der Waals surface area contributed by atoms with E-state index in [2.05, 4.69) is 33.0 Å². The lowest BCUT2D eigenvalue weighted by molar-refractivity contribution is 0.0607. The second-order valence-electron chi connectivity index (χ2n) is 5.36. The van der Waals surface area contributed by atoms with E-state index < -0.39 is 0 Å². The van der Waals surface area contributed by atoms with Crippen molar-refractivity contribution in [2.24, 2.45) is 0 Å². The number of nitrogens with zero attached hydrogens (tertiary/aromatic N) is 2. The van der Waals surface area contributed by atoms with E-state index in [9.17, 15) is 4.79 Å². The molecule has 0 bridgehead atoms. The summed E-state index contributed by atoms with van der Waals surface area (Å²) in [5.41, 5.74) is 1.64. The summed E-state index contributed by atoms with van der Waals surface area (Å²) in [5, 5.41) is 0. The van der Waals surface area contributed by atoms with E-state index in [1.165, 1.54) is 24.6 Å². The van der Waals surface area contributed by atoms with E-state index in [0.29, 0.717) is 5.69 Å². The van der Waals surface area contributed by atoms with Crippen molar-refractivity contribution in [3.05, 3.63) is 52.7 Å². The highest BCUT2D eigenvalue weighted by Crippen LogP contribution is 2.23. The van der Waals surface area contributed by atoms with Gasteiger partial charge in [0.1, 0.15) is 6.26 Å². The smallest absolute Gasteiger partial charge is 0.276 e. The molecule has 2 aromatic rings. The van der Waals surface area contributed by atoms with Crippen LogP contribution in [-0.2, 0) is 6.42 Å². The number of oxazole rings is 1. The van der Waals surface area contributed by atoms with Gasteiger partial charge in [-0.2, -0.15) is 0 Å². The number of hydrogen-bond acceptors (Lipinski definition) is 3. The Morgan fingerprint density at radius 2 is 2.33 bits per heavy atom. The lowest BCUT2D eigenvalue weighted by Crippen LogP contribution is -2.45. The first-order valence-electron chi connectivity index (χ1n) is 7.17. The van der Waals surface area contributed by atoms with Gasteiger partial charge in [0, 0.05) is 17.1 Å². The van der Waals surface area contributed by atoms with Crippen LogP contribution in [0.25, 0.3) is 0 Å². The molecule has 3 rings (SSSR count). The van der Waals surface area contributed by atoms with Gasteiger partial charge in [-0.05, 0) is 43.4 Å². The summed E-state index contributed by atoms with van der Waals surface area (Å²) in [6, 6.07) is 8.51. The maximum Gasteiger partial charge on any atom is 0.276 e. The Morgan fingerprint density at radius 1 is 1.43 bits per heavy atom. The molecular formula is C16H17BrN2O2. The maximum absolute atomic E-state index is 12.5. The molecule has 0 N–H and O–H groups in total. The molecule has 1 aliphatic heterocycles. The average molecular weight is 349 g/mol. The SMILES string of the molecule is O=C(c1cocn1)N1CCCCC1Cc1cccc(Br)c1. The molecule has 1 atom stereocenters. The van der Waals surface area contributed by atoms with Gasteiger partial charge >= 0.3 is 0 Å². The van der Waals surface area contributed by atoms with Gasteiger partial charge in [0.05, 0.1) is 0 Å². The van der Waals surface area contributed by atoms with Crippen molar-refractivity contribution >= 4 is 21.8 Å². The van der Waals surface area contributed by atoms with Crippen LogP contribution in [0.5, 0.6) is 0 Å². The standard InChI is InChI=1S/C16H17BrN2O2/c17-13-5-3-4-12(8-13)9-14-6-1-2-7-19(14)16(20)15-10-21-11-18-15/h3-5,8,10-11,14H,1-2,6-7,9H2. The van der Waals surface area contributed by atoms with Crippen molar-refractivity contribution < 1.29 is 9.21 Å². The van der Waals surface area contributed by atoms with Crippen LogP contribution in [0.15, 0.2) is 45.8 Å². The molecule has 1 unspecified atom stereocenters. The Morgan fingerprint density at radius 3 is 3.10 bits per heavy atom. The van der Waals surface area contributed by atoms with Crippen molar-refractivity contribution in [1.29, 1.82) is 0 Å². The highest BCUT2D eigenvalue weighted by molar-refractivity contribution is 9.10. The monoisotopic (exact) mass is 348 g/mol. The van der Waals surface area contributed by atoms with Gasteiger partial charge in [-0.15, -0.1) is 0 Å². The molecule has 0 saturated carbocycles. The minimum Gasteiger partial charge on any atom is -0.451 e. The maximum atomic E-state index is 12.5. The molecule has 1 aliphatic rings. The molecule has 1 saturated heterocycles. The Labute approximate surface area is 132 Å². The second kappa shape index (κ2) is 6.43. The Hall–Kier alpha value is -1.62. The minimum atomic E-state index is -0.0246. The zero-order valence-electron chi connectivity index (χ0n) is 11.7. The fourth-order valence-electron chi connectivity index (χ4n) is 2.88. The molecule has 21 heavy (non-hydrogen) atoms. The second-order valence-corrected chi connectivity index (χ2v) is 6.27. The molecule has 0 aliphatic carbocycles. The van der Waals surface area contributed by atoms with E-state index in [1.807, 2.05) is 17.0 Å². The molecule has 2 heterocycles. The zero-order valence-corrected chi connectivity index (χ0v) is 13.3. The predicted molar refractivity (Wildman–Crippen MR) is 83.0 cm³/mol. The van der Waals surface area contributed by atoms with Gasteiger partial charge in [-0.1, -0.05) is 28.1 Å². The van der Waals surface area contributed by atoms with Gasteiger partial charge in [-0.25, -0.2) is 4.98 Å². The largest absolute Gasteiger partial charge is 0.451 e. The normalized spacial score (nSPS) is 18.7. The fourth-order valence-corrected chi connectivity index (χ4v) is 3.33. The molecule has 1 aromatic heterocycles.